The third-order valence-electron chi connectivity index (χ3n) is 1.83. The van der Waals surface area contributed by atoms with Crippen LogP contribution in [0.5, 0.6) is 0 Å². The Morgan fingerprint density at radius 1 is 1.38 bits per heavy atom. The molecule has 2 aromatic heterocycles. The van der Waals surface area contributed by atoms with E-state index >= 15 is 0 Å². The molecule has 0 aliphatic heterocycles. The van der Waals surface area contributed by atoms with Crippen molar-refractivity contribution in [2.75, 3.05) is 0 Å². The average molecular weight is 236 g/mol. The van der Waals surface area contributed by atoms with Crippen molar-refractivity contribution in [3.05, 3.63) is 23.5 Å². The molecule has 16 heavy (non-hydrogen) atoms. The Balaban J connectivity index is 2.29. The number of thiazole rings is 1. The summed E-state index contributed by atoms with van der Waals surface area (Å²) in [5.74, 6) is -0.414. The topological polar surface area (TPSA) is 52.1 Å². The fourth-order valence-electron chi connectivity index (χ4n) is 1.21. The first-order valence-corrected chi connectivity index (χ1v) is 5.76. The first-order valence-electron chi connectivity index (χ1n) is 4.88. The fraction of sp³-hybridized carbons (Fsp3) is 0.364. The van der Waals surface area contributed by atoms with E-state index in [1.807, 2.05) is 20.8 Å². The monoisotopic (exact) mass is 236 g/mol. The van der Waals surface area contributed by atoms with E-state index in [9.17, 15) is 4.79 Å². The van der Waals surface area contributed by atoms with Crippen LogP contribution in [0.3, 0.4) is 0 Å². The molecule has 0 aliphatic rings. The summed E-state index contributed by atoms with van der Waals surface area (Å²) < 4.78 is 6.19. The SMILES string of the molecule is CC(C)(C)OC(=O)c1cc2ncsc2cn1. The Morgan fingerprint density at radius 2 is 2.12 bits per heavy atom. The van der Waals surface area contributed by atoms with Crippen molar-refractivity contribution in [1.29, 1.82) is 0 Å². The molecule has 2 rings (SSSR count). The van der Waals surface area contributed by atoms with E-state index in [1.165, 1.54) is 11.3 Å². The zero-order chi connectivity index (χ0) is 11.8. The van der Waals surface area contributed by atoms with Gasteiger partial charge in [-0.1, -0.05) is 0 Å². The number of pyridine rings is 1. The highest BCUT2D eigenvalue weighted by Gasteiger charge is 2.19. The smallest absolute Gasteiger partial charge is 0.357 e. The molecule has 5 heteroatoms. The molecule has 0 spiro atoms. The van der Waals surface area contributed by atoms with Crippen molar-refractivity contribution in [3.63, 3.8) is 0 Å². The van der Waals surface area contributed by atoms with Gasteiger partial charge in [-0.05, 0) is 26.8 Å². The van der Waals surface area contributed by atoms with Crippen LogP contribution in [0.15, 0.2) is 17.8 Å². The quantitative estimate of drug-likeness (QED) is 0.714. The van der Waals surface area contributed by atoms with E-state index in [2.05, 4.69) is 9.97 Å². The van der Waals surface area contributed by atoms with Crippen LogP contribution in [0.2, 0.25) is 0 Å². The lowest BCUT2D eigenvalue weighted by molar-refractivity contribution is 0.00631. The van der Waals surface area contributed by atoms with Gasteiger partial charge in [-0.25, -0.2) is 14.8 Å². The number of ether oxygens (including phenoxy) is 1. The Bertz CT molecular complexity index is 528. The Morgan fingerprint density at radius 3 is 2.81 bits per heavy atom. The summed E-state index contributed by atoms with van der Waals surface area (Å²) in [6, 6.07) is 1.65. The van der Waals surface area contributed by atoms with Crippen molar-refractivity contribution in [3.8, 4) is 0 Å². The summed E-state index contributed by atoms with van der Waals surface area (Å²) in [5.41, 5.74) is 2.30. The molecule has 0 amide bonds. The Kier molecular flexibility index (Phi) is 2.63. The maximum absolute atomic E-state index is 11.7. The van der Waals surface area contributed by atoms with Crippen molar-refractivity contribution in [1.82, 2.24) is 9.97 Å². The third-order valence-corrected chi connectivity index (χ3v) is 2.61. The molecule has 84 valence electrons. The molecule has 0 radical (unpaired) electrons. The molecule has 0 fully saturated rings. The van der Waals surface area contributed by atoms with Crippen molar-refractivity contribution >= 4 is 27.5 Å². The molecule has 2 aromatic rings. The van der Waals surface area contributed by atoms with Crippen molar-refractivity contribution in [2.45, 2.75) is 26.4 Å². The highest BCUT2D eigenvalue weighted by atomic mass is 32.1. The van der Waals surface area contributed by atoms with Crippen LogP contribution < -0.4 is 0 Å². The van der Waals surface area contributed by atoms with Gasteiger partial charge >= 0.3 is 5.97 Å². The van der Waals surface area contributed by atoms with E-state index in [0.29, 0.717) is 5.69 Å². The van der Waals surface area contributed by atoms with Gasteiger partial charge in [-0.3, -0.25) is 0 Å². The first-order chi connectivity index (χ1) is 7.46. The summed E-state index contributed by atoms with van der Waals surface area (Å²) in [5, 5.41) is 0. The zero-order valence-corrected chi connectivity index (χ0v) is 10.2. The first kappa shape index (κ1) is 11.0. The molecular weight excluding hydrogens is 224 g/mol. The summed E-state index contributed by atoms with van der Waals surface area (Å²) in [6.07, 6.45) is 1.65. The second-order valence-corrected chi connectivity index (χ2v) is 5.28. The Hall–Kier alpha value is -1.49. The molecule has 0 bridgehead atoms. The van der Waals surface area contributed by atoms with E-state index < -0.39 is 11.6 Å². The third kappa shape index (κ3) is 2.36. The van der Waals surface area contributed by atoms with Gasteiger partial charge in [0.25, 0.3) is 0 Å². The van der Waals surface area contributed by atoms with Crippen molar-refractivity contribution < 1.29 is 9.53 Å². The number of carbonyl (C=O) groups is 1. The molecule has 0 N–H and O–H groups in total. The minimum atomic E-state index is -0.504. The Labute approximate surface area is 97.3 Å². The van der Waals surface area contributed by atoms with Crippen LogP contribution in [0.1, 0.15) is 31.3 Å². The largest absolute Gasteiger partial charge is 0.455 e. The molecule has 0 aliphatic carbocycles. The highest BCUT2D eigenvalue weighted by Crippen LogP contribution is 2.18. The number of aromatic nitrogens is 2. The summed E-state index contributed by atoms with van der Waals surface area (Å²) in [4.78, 5) is 19.9. The van der Waals surface area contributed by atoms with Gasteiger partial charge in [0, 0.05) is 6.20 Å². The maximum Gasteiger partial charge on any atom is 0.357 e. The molecule has 0 atom stereocenters. The fourth-order valence-corrected chi connectivity index (χ4v) is 1.83. The lowest BCUT2D eigenvalue weighted by Crippen LogP contribution is -2.24. The van der Waals surface area contributed by atoms with Crippen LogP contribution in [0, 0.1) is 0 Å². The van der Waals surface area contributed by atoms with Gasteiger partial charge in [-0.2, -0.15) is 0 Å². The highest BCUT2D eigenvalue weighted by molar-refractivity contribution is 7.16. The maximum atomic E-state index is 11.7. The lowest BCUT2D eigenvalue weighted by Gasteiger charge is -2.18. The van der Waals surface area contributed by atoms with E-state index in [0.717, 1.165) is 10.2 Å². The van der Waals surface area contributed by atoms with Gasteiger partial charge in [0.1, 0.15) is 5.60 Å². The van der Waals surface area contributed by atoms with Gasteiger partial charge in [0.2, 0.25) is 0 Å². The van der Waals surface area contributed by atoms with Gasteiger partial charge < -0.3 is 4.74 Å². The predicted molar refractivity (Wildman–Crippen MR) is 62.6 cm³/mol. The molecule has 4 nitrogen and oxygen atoms in total. The minimum Gasteiger partial charge on any atom is -0.455 e. The molecule has 0 saturated carbocycles. The van der Waals surface area contributed by atoms with Crippen LogP contribution in [-0.4, -0.2) is 21.5 Å². The number of nitrogens with zero attached hydrogens (tertiary/aromatic N) is 2. The number of hydrogen-bond acceptors (Lipinski definition) is 5. The van der Waals surface area contributed by atoms with E-state index in [-0.39, 0.29) is 0 Å². The average Bonchev–Trinajstić information content (AvgIpc) is 2.61. The summed E-state index contributed by atoms with van der Waals surface area (Å²) in [7, 11) is 0. The summed E-state index contributed by atoms with van der Waals surface area (Å²) >= 11 is 1.50. The van der Waals surface area contributed by atoms with Gasteiger partial charge in [-0.15, -0.1) is 11.3 Å². The molecule has 2 heterocycles. The number of carbonyl (C=O) groups excluding carboxylic acids is 1. The number of rotatable bonds is 1. The van der Waals surface area contributed by atoms with Crippen LogP contribution in [0.25, 0.3) is 10.2 Å². The van der Waals surface area contributed by atoms with Gasteiger partial charge in [0.05, 0.1) is 15.7 Å². The lowest BCUT2D eigenvalue weighted by atomic mass is 10.2. The predicted octanol–water partition coefficient (Wildman–Crippen LogP) is 2.65. The zero-order valence-electron chi connectivity index (χ0n) is 9.35. The summed E-state index contributed by atoms with van der Waals surface area (Å²) in [6.45, 7) is 5.48. The van der Waals surface area contributed by atoms with Crippen molar-refractivity contribution in [2.24, 2.45) is 0 Å². The second-order valence-electron chi connectivity index (χ2n) is 4.39. The van der Waals surface area contributed by atoms with Crippen LogP contribution in [-0.2, 0) is 4.74 Å². The second kappa shape index (κ2) is 3.83. The van der Waals surface area contributed by atoms with Crippen LogP contribution >= 0.6 is 11.3 Å². The molecule has 0 unspecified atom stereocenters. The molecule has 0 aromatic carbocycles. The molecular formula is C11H12N2O2S. The minimum absolute atomic E-state index is 0.299. The van der Waals surface area contributed by atoms with Crippen LogP contribution in [0.4, 0.5) is 0 Å². The van der Waals surface area contributed by atoms with Gasteiger partial charge in [0.15, 0.2) is 5.69 Å². The normalized spacial score (nSPS) is 11.7. The van der Waals surface area contributed by atoms with E-state index in [1.54, 1.807) is 17.8 Å². The van der Waals surface area contributed by atoms with E-state index in [4.69, 9.17) is 4.74 Å². The number of fused-ring (bicyclic) bond motifs is 1. The number of esters is 1. The molecule has 0 saturated heterocycles. The number of hydrogen-bond donors (Lipinski definition) is 0. The standard InChI is InChI=1S/C11H12N2O2S/c1-11(2,3)15-10(14)8-4-7-9(5-12-8)16-6-13-7/h4-6H,1-3H3.